The van der Waals surface area contributed by atoms with Crippen LogP contribution in [0.4, 0.5) is 0 Å². The van der Waals surface area contributed by atoms with Gasteiger partial charge < -0.3 is 24.6 Å². The Hall–Kier alpha value is -1.40. The molecule has 0 saturated carbocycles. The molecule has 6 heteroatoms. The van der Waals surface area contributed by atoms with Gasteiger partial charge >= 0.3 is 7.12 Å². The van der Waals surface area contributed by atoms with E-state index >= 15 is 0 Å². The van der Waals surface area contributed by atoms with E-state index < -0.39 is 29.2 Å². The van der Waals surface area contributed by atoms with Gasteiger partial charge in [-0.15, -0.1) is 0 Å². The number of phenolic OH excluding ortho intramolecular Hbond substituents is 3. The second-order valence-corrected chi connectivity index (χ2v) is 10.7. The van der Waals surface area contributed by atoms with Gasteiger partial charge in [-0.1, -0.05) is 41.5 Å². The lowest BCUT2D eigenvalue weighted by Gasteiger charge is -2.44. The largest absolute Gasteiger partial charge is 0.508 e. The number of phenols is 3. The number of aromatic hydroxyl groups is 3. The third-order valence-corrected chi connectivity index (χ3v) is 8.32. The number of rotatable bonds is 1. The molecule has 1 heterocycles. The van der Waals surface area contributed by atoms with Crippen LogP contribution in [0.1, 0.15) is 80.4 Å². The van der Waals surface area contributed by atoms with E-state index in [9.17, 15) is 15.3 Å². The SMILES string of the molecule is CC1(C)OB(c2c(O)c(O)c3c(c2O)C(C)(C)C(C)(C)C3(C)C)OC1(C)C. The van der Waals surface area contributed by atoms with Crippen molar-refractivity contribution in [1.82, 2.24) is 0 Å². The molecule has 1 aliphatic heterocycles. The van der Waals surface area contributed by atoms with E-state index in [0.717, 1.165) is 0 Å². The van der Waals surface area contributed by atoms with Crippen LogP contribution in [0.3, 0.4) is 0 Å². The number of hydrogen-bond acceptors (Lipinski definition) is 5. The maximum absolute atomic E-state index is 11.3. The maximum atomic E-state index is 11.3. The van der Waals surface area contributed by atoms with Crippen LogP contribution in [0, 0.1) is 5.41 Å². The normalized spacial score (nSPS) is 26.2. The van der Waals surface area contributed by atoms with E-state index in [1.807, 2.05) is 41.5 Å². The van der Waals surface area contributed by atoms with Crippen molar-refractivity contribution in [2.45, 2.75) is 91.3 Å². The second kappa shape index (κ2) is 5.15. The summed E-state index contributed by atoms with van der Waals surface area (Å²) in [4.78, 5) is 0. The Labute approximate surface area is 162 Å². The van der Waals surface area contributed by atoms with Crippen LogP contribution in [0.5, 0.6) is 17.2 Å². The molecule has 1 fully saturated rings. The van der Waals surface area contributed by atoms with E-state index in [1.165, 1.54) is 0 Å². The summed E-state index contributed by atoms with van der Waals surface area (Å²) < 4.78 is 12.1. The van der Waals surface area contributed by atoms with Crippen LogP contribution in [0.25, 0.3) is 0 Å². The Morgan fingerprint density at radius 2 is 0.963 bits per heavy atom. The zero-order valence-corrected chi connectivity index (χ0v) is 18.2. The van der Waals surface area contributed by atoms with Crippen molar-refractivity contribution in [1.29, 1.82) is 0 Å². The molecule has 1 aliphatic carbocycles. The molecule has 2 aliphatic rings. The Bertz CT molecular complexity index is 805. The highest BCUT2D eigenvalue weighted by atomic mass is 16.7. The molecule has 0 spiro atoms. The summed E-state index contributed by atoms with van der Waals surface area (Å²) in [5, 5.41) is 33.1. The van der Waals surface area contributed by atoms with Crippen molar-refractivity contribution in [3.05, 3.63) is 11.1 Å². The van der Waals surface area contributed by atoms with Crippen LogP contribution < -0.4 is 5.46 Å². The van der Waals surface area contributed by atoms with Crippen LogP contribution in [-0.2, 0) is 20.1 Å². The summed E-state index contributed by atoms with van der Waals surface area (Å²) in [6, 6.07) is 0. The molecule has 3 N–H and O–H groups in total. The van der Waals surface area contributed by atoms with Gasteiger partial charge in [-0.25, -0.2) is 0 Å². The van der Waals surface area contributed by atoms with E-state index in [1.54, 1.807) is 0 Å². The van der Waals surface area contributed by atoms with Crippen LogP contribution in [0.2, 0.25) is 0 Å². The fourth-order valence-corrected chi connectivity index (χ4v) is 4.54. The first-order chi connectivity index (χ1) is 11.9. The van der Waals surface area contributed by atoms with Crippen molar-refractivity contribution in [3.8, 4) is 17.2 Å². The van der Waals surface area contributed by atoms with Gasteiger partial charge in [0.1, 0.15) is 5.75 Å². The minimum atomic E-state index is -0.964. The van der Waals surface area contributed by atoms with Crippen LogP contribution >= 0.6 is 0 Å². The van der Waals surface area contributed by atoms with Gasteiger partial charge in [-0.05, 0) is 43.9 Å². The third kappa shape index (κ3) is 2.20. The summed E-state index contributed by atoms with van der Waals surface area (Å²) in [7, 11) is -0.964. The van der Waals surface area contributed by atoms with Gasteiger partial charge in [0.05, 0.1) is 16.7 Å². The van der Waals surface area contributed by atoms with Gasteiger partial charge in [-0.2, -0.15) is 0 Å². The van der Waals surface area contributed by atoms with Crippen molar-refractivity contribution < 1.29 is 24.6 Å². The molecule has 3 rings (SSSR count). The van der Waals surface area contributed by atoms with Crippen molar-refractivity contribution in [2.24, 2.45) is 5.41 Å². The highest BCUT2D eigenvalue weighted by Crippen LogP contribution is 2.66. The highest BCUT2D eigenvalue weighted by Gasteiger charge is 2.61. The highest BCUT2D eigenvalue weighted by molar-refractivity contribution is 6.64. The topological polar surface area (TPSA) is 79.2 Å². The monoisotopic (exact) mass is 376 g/mol. The predicted octanol–water partition coefficient (Wildman–Crippen LogP) is 3.70. The van der Waals surface area contributed by atoms with Crippen molar-refractivity contribution in [3.63, 3.8) is 0 Å². The fourth-order valence-electron chi connectivity index (χ4n) is 4.54. The summed E-state index contributed by atoms with van der Waals surface area (Å²) >= 11 is 0. The summed E-state index contributed by atoms with van der Waals surface area (Å²) in [5.74, 6) is -0.620. The smallest absolute Gasteiger partial charge is 0.502 e. The molecule has 0 unspecified atom stereocenters. The molecule has 0 bridgehead atoms. The number of hydrogen-bond donors (Lipinski definition) is 3. The molecule has 0 aromatic heterocycles. The lowest BCUT2D eigenvalue weighted by molar-refractivity contribution is 0.00578. The summed E-state index contributed by atoms with van der Waals surface area (Å²) in [5.41, 5.74) is -1.09. The van der Waals surface area contributed by atoms with Gasteiger partial charge in [0.2, 0.25) is 0 Å². The van der Waals surface area contributed by atoms with E-state index in [2.05, 4.69) is 27.7 Å². The van der Waals surface area contributed by atoms with E-state index in [4.69, 9.17) is 9.31 Å². The van der Waals surface area contributed by atoms with Crippen LogP contribution in [-0.4, -0.2) is 33.6 Å². The second-order valence-electron chi connectivity index (χ2n) is 10.7. The molecule has 1 saturated heterocycles. The molecule has 27 heavy (non-hydrogen) atoms. The zero-order valence-electron chi connectivity index (χ0n) is 18.2. The lowest BCUT2D eigenvalue weighted by Crippen LogP contribution is -2.42. The molecular formula is C21H33BO5. The predicted molar refractivity (Wildman–Crippen MR) is 107 cm³/mol. The Morgan fingerprint density at radius 3 is 1.37 bits per heavy atom. The first-order valence-electron chi connectivity index (χ1n) is 9.59. The molecule has 150 valence electrons. The minimum Gasteiger partial charge on any atom is -0.508 e. The molecule has 0 atom stereocenters. The lowest BCUT2D eigenvalue weighted by atomic mass is 9.59. The zero-order chi connectivity index (χ0) is 21.0. The van der Waals surface area contributed by atoms with Gasteiger partial charge in [0, 0.05) is 11.1 Å². The minimum absolute atomic E-state index is 0.0533. The standard InChI is InChI=1S/C21H33BO5/c1-17(2)11-12(18(3,4)19(17,5)6)15(24)16(25)13(14(11)23)22-26-20(7,8)21(9,10)27-22/h23-25H,1-10H3. The molecule has 1 aromatic rings. The summed E-state index contributed by atoms with van der Waals surface area (Å²) in [6.07, 6.45) is 0. The van der Waals surface area contributed by atoms with E-state index in [0.29, 0.717) is 11.1 Å². The summed E-state index contributed by atoms with van der Waals surface area (Å²) in [6.45, 7) is 20.1. The molecule has 1 aromatic carbocycles. The third-order valence-electron chi connectivity index (χ3n) is 8.32. The average Bonchev–Trinajstić information content (AvgIpc) is 2.75. The quantitative estimate of drug-likeness (QED) is 0.396. The van der Waals surface area contributed by atoms with Gasteiger partial charge in [-0.3, -0.25) is 0 Å². The maximum Gasteiger partial charge on any atom is 0.502 e. The van der Waals surface area contributed by atoms with Crippen LogP contribution in [0.15, 0.2) is 0 Å². The molecular weight excluding hydrogens is 343 g/mol. The van der Waals surface area contributed by atoms with Crippen molar-refractivity contribution >= 4 is 12.6 Å². The van der Waals surface area contributed by atoms with Gasteiger partial charge in [0.25, 0.3) is 0 Å². The Balaban J connectivity index is 2.31. The first-order valence-corrected chi connectivity index (χ1v) is 9.59. The van der Waals surface area contributed by atoms with Crippen molar-refractivity contribution in [2.75, 3.05) is 0 Å². The average molecular weight is 376 g/mol. The molecule has 0 amide bonds. The van der Waals surface area contributed by atoms with E-state index in [-0.39, 0.29) is 28.1 Å². The number of fused-ring (bicyclic) bond motifs is 1. The number of benzene rings is 1. The fraction of sp³-hybridized carbons (Fsp3) is 0.714. The molecule has 5 nitrogen and oxygen atoms in total. The molecule has 0 radical (unpaired) electrons. The Morgan fingerprint density at radius 1 is 0.593 bits per heavy atom. The first kappa shape index (κ1) is 20.3. The Kier molecular flexibility index (Phi) is 3.88. The van der Waals surface area contributed by atoms with Gasteiger partial charge in [0.15, 0.2) is 11.5 Å².